The van der Waals surface area contributed by atoms with Crippen molar-refractivity contribution < 1.29 is 20.1 Å². The van der Waals surface area contributed by atoms with Gasteiger partial charge in [-0.3, -0.25) is 10.1 Å². The van der Waals surface area contributed by atoms with Gasteiger partial charge in [-0.2, -0.15) is 0 Å². The molecule has 0 unspecified atom stereocenters. The van der Waals surface area contributed by atoms with E-state index in [4.69, 9.17) is 6.11 Å². The second-order valence-corrected chi connectivity index (χ2v) is 3.97. The maximum Gasteiger partial charge on any atom is 0.322 e. The number of fused-ring (bicyclic) bond motifs is 2. The van der Waals surface area contributed by atoms with Gasteiger partial charge in [0, 0.05) is 12.0 Å². The second kappa shape index (κ2) is 3.19. The number of nitrogens with one attached hydrogen (secondary N) is 2. The molecule has 17 heavy (non-hydrogen) atoms. The van der Waals surface area contributed by atoms with Crippen molar-refractivity contribution in [2.45, 2.75) is 12.0 Å². The second-order valence-electron chi connectivity index (χ2n) is 3.97. The number of hydrogen-bond acceptors (Lipinski definition) is 3. The van der Waals surface area contributed by atoms with E-state index in [-0.39, 0.29) is 30.4 Å². The summed E-state index contributed by atoms with van der Waals surface area (Å²) in [6.07, 6.45) is 0.209. The highest BCUT2D eigenvalue weighted by Gasteiger charge is 2.50. The molecule has 2 aliphatic rings. The summed E-state index contributed by atoms with van der Waals surface area (Å²) in [7, 11) is 0. The van der Waals surface area contributed by atoms with E-state index in [9.17, 15) is 14.0 Å². The van der Waals surface area contributed by atoms with Crippen LogP contribution in [0.2, 0.25) is 0 Å². The summed E-state index contributed by atoms with van der Waals surface area (Å²) in [6, 6.07) is 1.37. The van der Waals surface area contributed by atoms with Crippen LogP contribution in [0, 0.1) is 5.82 Å². The van der Waals surface area contributed by atoms with Gasteiger partial charge in [-0.1, -0.05) is 0 Å². The first-order valence-corrected chi connectivity index (χ1v) is 5.10. The van der Waals surface area contributed by atoms with Crippen molar-refractivity contribution in [2.75, 3.05) is 6.61 Å². The number of carbonyl (C=O) groups excluding carboxylic acids is 2. The molecule has 6 heteroatoms. The summed E-state index contributed by atoms with van der Waals surface area (Å²) in [6.45, 7) is 0.179. The van der Waals surface area contributed by atoms with Gasteiger partial charge in [0.15, 0.2) is 5.54 Å². The predicted octanol–water partition coefficient (Wildman–Crippen LogP) is 0.643. The van der Waals surface area contributed by atoms with Gasteiger partial charge in [0.05, 0.1) is 7.98 Å². The van der Waals surface area contributed by atoms with Crippen LogP contribution < -0.4 is 15.4 Å². The summed E-state index contributed by atoms with van der Waals surface area (Å²) >= 11 is 0. The molecule has 1 fully saturated rings. The van der Waals surface area contributed by atoms with E-state index in [0.717, 1.165) is 12.1 Å². The van der Waals surface area contributed by atoms with Crippen LogP contribution in [0.3, 0.4) is 0 Å². The summed E-state index contributed by atoms with van der Waals surface area (Å²) in [4.78, 5) is 23.2. The Hall–Kier alpha value is -2.11. The average molecular weight is 238 g/mol. The third-order valence-electron chi connectivity index (χ3n) is 2.99. The summed E-state index contributed by atoms with van der Waals surface area (Å²) in [5, 5.41) is 4.63. The highest BCUT2D eigenvalue weighted by molar-refractivity contribution is 6.07. The van der Waals surface area contributed by atoms with Crippen molar-refractivity contribution in [3.63, 3.8) is 0 Å². The maximum absolute atomic E-state index is 13.4. The van der Waals surface area contributed by atoms with Crippen LogP contribution in [-0.4, -0.2) is 18.5 Å². The number of hydrogen-bond donors (Lipinski definition) is 2. The van der Waals surface area contributed by atoms with Gasteiger partial charge in [-0.25, -0.2) is 9.18 Å². The van der Waals surface area contributed by atoms with Crippen LogP contribution in [0.25, 0.3) is 0 Å². The van der Waals surface area contributed by atoms with Crippen molar-refractivity contribution in [3.05, 3.63) is 29.6 Å². The first-order chi connectivity index (χ1) is 8.53. The third kappa shape index (κ3) is 1.30. The van der Waals surface area contributed by atoms with Gasteiger partial charge in [-0.05, 0) is 18.2 Å². The number of amides is 3. The van der Waals surface area contributed by atoms with E-state index >= 15 is 0 Å². The predicted molar refractivity (Wildman–Crippen MR) is 54.9 cm³/mol. The van der Waals surface area contributed by atoms with Gasteiger partial charge in [-0.15, -0.1) is 0 Å². The molecule has 2 N–H and O–H groups in total. The summed E-state index contributed by atoms with van der Waals surface area (Å²) < 4.78 is 26.3. The summed E-state index contributed by atoms with van der Waals surface area (Å²) in [5.74, 6) is -1.04. The van der Waals surface area contributed by atoms with E-state index in [2.05, 4.69) is 10.6 Å². The lowest BCUT2D eigenvalue weighted by Gasteiger charge is -2.32. The fourth-order valence-electron chi connectivity index (χ4n) is 2.19. The minimum absolute atomic E-state index is 0.139. The summed E-state index contributed by atoms with van der Waals surface area (Å²) in [5.41, 5.74) is -1.12. The molecule has 1 aromatic carbocycles. The Bertz CT molecular complexity index is 578. The lowest BCUT2D eigenvalue weighted by atomic mass is 9.84. The minimum atomic E-state index is -1.32. The van der Waals surface area contributed by atoms with Crippen molar-refractivity contribution in [3.8, 4) is 5.75 Å². The first-order valence-electron chi connectivity index (χ1n) is 5.60. The Morgan fingerprint density at radius 3 is 3.06 bits per heavy atom. The zero-order valence-corrected chi connectivity index (χ0v) is 8.67. The van der Waals surface area contributed by atoms with Gasteiger partial charge in [0.1, 0.15) is 11.6 Å². The largest absolute Gasteiger partial charge is 0.493 e. The molecule has 0 bridgehead atoms. The zero-order valence-electron chi connectivity index (χ0n) is 9.67. The molecule has 2 aliphatic heterocycles. The van der Waals surface area contributed by atoms with Gasteiger partial charge >= 0.3 is 6.03 Å². The Kier molecular flexibility index (Phi) is 1.69. The molecule has 1 atom stereocenters. The van der Waals surface area contributed by atoms with Gasteiger partial charge < -0.3 is 10.1 Å². The molecule has 0 aliphatic carbocycles. The number of benzene rings is 1. The highest BCUT2D eigenvalue weighted by atomic mass is 19.1. The number of ether oxygens (including phenoxy) is 1. The number of imide groups is 1. The maximum atomic E-state index is 13.4. The lowest BCUT2D eigenvalue weighted by Crippen LogP contribution is -2.47. The average Bonchev–Trinajstić information content (AvgIpc) is 2.56. The number of halogens is 1. The zero-order chi connectivity index (χ0) is 12.9. The fraction of sp³-hybridized carbons (Fsp3) is 0.273. The standard InChI is InChI=1S/C11H9FN2O3/c12-6-1-2-8-7(5-6)11(3-4-17-8)9(15)13-10(16)14-11/h1-2,5H,3-4H2,(H2,13,14,15,16)/t11-/m0/s1/i2T. The van der Waals surface area contributed by atoms with Crippen LogP contribution in [0.15, 0.2) is 18.2 Å². The smallest absolute Gasteiger partial charge is 0.322 e. The van der Waals surface area contributed by atoms with Crippen molar-refractivity contribution in [1.29, 1.82) is 0 Å². The number of rotatable bonds is 0. The molecule has 3 rings (SSSR count). The molecule has 88 valence electrons. The van der Waals surface area contributed by atoms with Crippen LogP contribution in [0.1, 0.15) is 13.4 Å². The molecule has 0 aromatic heterocycles. The number of urea groups is 1. The molecule has 1 saturated heterocycles. The van der Waals surface area contributed by atoms with Crippen LogP contribution in [-0.2, 0) is 10.3 Å². The lowest BCUT2D eigenvalue weighted by molar-refractivity contribution is -0.125. The molecule has 1 spiro atoms. The molecular formula is C11H9FN2O3. The number of carbonyl (C=O) groups is 2. The Labute approximate surface area is 97.4 Å². The van der Waals surface area contributed by atoms with Gasteiger partial charge in [0.25, 0.3) is 5.91 Å². The fourth-order valence-corrected chi connectivity index (χ4v) is 2.19. The van der Waals surface area contributed by atoms with E-state index in [1.807, 2.05) is 0 Å². The molecule has 1 aromatic rings. The molecule has 5 nitrogen and oxygen atoms in total. The molecular weight excluding hydrogens is 227 g/mol. The van der Waals surface area contributed by atoms with Gasteiger partial charge in [0.2, 0.25) is 0 Å². The monoisotopic (exact) mass is 238 g/mol. The quantitative estimate of drug-likeness (QED) is 0.652. The molecule has 0 radical (unpaired) electrons. The van der Waals surface area contributed by atoms with E-state index in [0.29, 0.717) is 0 Å². The van der Waals surface area contributed by atoms with E-state index in [1.165, 1.54) is 0 Å². The third-order valence-corrected chi connectivity index (χ3v) is 2.99. The minimum Gasteiger partial charge on any atom is -0.493 e. The first kappa shape index (κ1) is 8.98. The van der Waals surface area contributed by atoms with Crippen molar-refractivity contribution >= 4 is 11.9 Å². The van der Waals surface area contributed by atoms with E-state index in [1.54, 1.807) is 0 Å². The van der Waals surface area contributed by atoms with Crippen LogP contribution >= 0.6 is 0 Å². The highest BCUT2D eigenvalue weighted by Crippen LogP contribution is 2.39. The molecule has 2 heterocycles. The Morgan fingerprint density at radius 1 is 1.53 bits per heavy atom. The van der Waals surface area contributed by atoms with Crippen molar-refractivity contribution in [2.24, 2.45) is 0 Å². The van der Waals surface area contributed by atoms with Crippen LogP contribution in [0.5, 0.6) is 5.75 Å². The topological polar surface area (TPSA) is 67.4 Å². The molecule has 0 saturated carbocycles. The molecule has 3 amide bonds. The van der Waals surface area contributed by atoms with Crippen molar-refractivity contribution in [1.82, 2.24) is 10.6 Å². The SMILES string of the molecule is [3H]c1cc(F)cc2c1OCC[C@]21NC(=O)NC1=O. The van der Waals surface area contributed by atoms with E-state index < -0.39 is 23.3 Å². The Morgan fingerprint density at radius 2 is 2.35 bits per heavy atom. The van der Waals surface area contributed by atoms with Crippen LogP contribution in [0.4, 0.5) is 9.18 Å². The Balaban J connectivity index is 2.23. The normalized spacial score (nSPS) is 27.0.